The molecule has 1 atom stereocenters. The maximum atomic E-state index is 13.2. The van der Waals surface area contributed by atoms with E-state index in [-0.39, 0.29) is 10.6 Å². The highest BCUT2D eigenvalue weighted by molar-refractivity contribution is 9.09. The summed E-state index contributed by atoms with van der Waals surface area (Å²) in [6.07, 6.45) is 0. The van der Waals surface area contributed by atoms with Crippen molar-refractivity contribution in [3.63, 3.8) is 0 Å². The molecule has 0 spiro atoms. The normalized spacial score (nSPS) is 12.5. The highest BCUT2D eigenvalue weighted by Crippen LogP contribution is 2.33. The Bertz CT molecular complexity index is 581. The van der Waals surface area contributed by atoms with Gasteiger partial charge >= 0.3 is 0 Å². The monoisotopic (exact) mass is 314 g/mol. The third-order valence-electron chi connectivity index (χ3n) is 2.75. The van der Waals surface area contributed by atoms with Crippen LogP contribution in [0.5, 0.6) is 0 Å². The molecule has 0 aliphatic carbocycles. The molecule has 2 aromatic carbocycles. The van der Waals surface area contributed by atoms with Gasteiger partial charge in [0, 0.05) is 0 Å². The SMILES string of the molecule is Cc1ccc(F)cc1C(Br)c1ccc(F)c(F)c1. The van der Waals surface area contributed by atoms with Crippen LogP contribution in [0.25, 0.3) is 0 Å². The van der Waals surface area contributed by atoms with Crippen LogP contribution in [-0.4, -0.2) is 0 Å². The minimum absolute atomic E-state index is 0.359. The van der Waals surface area contributed by atoms with Crippen molar-refractivity contribution in [2.24, 2.45) is 0 Å². The molecule has 1 unspecified atom stereocenters. The molecule has 0 aromatic heterocycles. The van der Waals surface area contributed by atoms with Gasteiger partial charge in [-0.15, -0.1) is 0 Å². The van der Waals surface area contributed by atoms with Crippen LogP contribution >= 0.6 is 15.9 Å². The van der Waals surface area contributed by atoms with E-state index in [9.17, 15) is 13.2 Å². The number of rotatable bonds is 2. The summed E-state index contributed by atoms with van der Waals surface area (Å²) in [5.41, 5.74) is 2.12. The molecule has 0 N–H and O–H groups in total. The summed E-state index contributed by atoms with van der Waals surface area (Å²) in [7, 11) is 0. The maximum Gasteiger partial charge on any atom is 0.159 e. The first-order valence-corrected chi connectivity index (χ1v) is 6.25. The average Bonchev–Trinajstić information content (AvgIpc) is 2.35. The highest BCUT2D eigenvalue weighted by Gasteiger charge is 2.15. The standard InChI is InChI=1S/C14H10BrF3/c1-8-2-4-10(16)7-11(8)14(15)9-3-5-12(17)13(18)6-9/h2-7,14H,1H3. The number of hydrogen-bond acceptors (Lipinski definition) is 0. The predicted octanol–water partition coefficient (Wildman–Crippen LogP) is 4.90. The van der Waals surface area contributed by atoms with Crippen molar-refractivity contribution in [3.8, 4) is 0 Å². The quantitative estimate of drug-likeness (QED) is 0.692. The highest BCUT2D eigenvalue weighted by atomic mass is 79.9. The second-order valence-corrected chi connectivity index (χ2v) is 4.95. The maximum absolute atomic E-state index is 13.2. The molecule has 0 nitrogen and oxygen atoms in total. The Balaban J connectivity index is 2.44. The van der Waals surface area contributed by atoms with E-state index in [1.807, 2.05) is 6.92 Å². The van der Waals surface area contributed by atoms with Gasteiger partial charge in [0.2, 0.25) is 0 Å². The molecular weight excluding hydrogens is 305 g/mol. The van der Waals surface area contributed by atoms with Crippen molar-refractivity contribution in [2.45, 2.75) is 11.8 Å². The Kier molecular flexibility index (Phi) is 3.76. The zero-order valence-electron chi connectivity index (χ0n) is 9.55. The lowest BCUT2D eigenvalue weighted by atomic mass is 10.00. The molecule has 2 rings (SSSR count). The minimum atomic E-state index is -0.911. The number of hydrogen-bond donors (Lipinski definition) is 0. The average molecular weight is 315 g/mol. The summed E-state index contributed by atoms with van der Waals surface area (Å²) in [6.45, 7) is 1.84. The van der Waals surface area contributed by atoms with Gasteiger partial charge in [-0.05, 0) is 47.9 Å². The van der Waals surface area contributed by atoms with Crippen LogP contribution in [0.1, 0.15) is 21.5 Å². The second-order valence-electron chi connectivity index (χ2n) is 4.04. The molecule has 0 saturated carbocycles. The number of halogens is 4. The van der Waals surface area contributed by atoms with Crippen LogP contribution in [0.15, 0.2) is 36.4 Å². The third kappa shape index (κ3) is 2.58. The third-order valence-corrected chi connectivity index (χ3v) is 3.77. The van der Waals surface area contributed by atoms with Gasteiger partial charge in [-0.1, -0.05) is 28.1 Å². The predicted molar refractivity (Wildman–Crippen MR) is 68.3 cm³/mol. The van der Waals surface area contributed by atoms with Gasteiger partial charge in [0.25, 0.3) is 0 Å². The molecule has 0 saturated heterocycles. The molecule has 0 heterocycles. The summed E-state index contributed by atoms with van der Waals surface area (Å²) < 4.78 is 39.2. The first kappa shape index (κ1) is 13.1. The van der Waals surface area contributed by atoms with E-state index in [0.29, 0.717) is 11.1 Å². The Morgan fingerprint density at radius 2 is 1.67 bits per heavy atom. The van der Waals surface area contributed by atoms with Crippen molar-refractivity contribution in [1.82, 2.24) is 0 Å². The van der Waals surface area contributed by atoms with Crippen LogP contribution in [0.2, 0.25) is 0 Å². The molecule has 18 heavy (non-hydrogen) atoms. The Labute approximate surface area is 112 Å². The fraction of sp³-hybridized carbons (Fsp3) is 0.143. The lowest BCUT2D eigenvalue weighted by Gasteiger charge is -2.14. The summed E-state index contributed by atoms with van der Waals surface area (Å²) in [5, 5.41) is 0. The van der Waals surface area contributed by atoms with Gasteiger partial charge in [0.15, 0.2) is 11.6 Å². The fourth-order valence-corrected chi connectivity index (χ4v) is 2.51. The molecule has 94 valence electrons. The molecule has 0 amide bonds. The van der Waals surface area contributed by atoms with Crippen LogP contribution < -0.4 is 0 Å². The minimum Gasteiger partial charge on any atom is -0.207 e. The van der Waals surface area contributed by atoms with Crippen molar-refractivity contribution in [2.75, 3.05) is 0 Å². The summed E-state index contributed by atoms with van der Waals surface area (Å²) >= 11 is 3.38. The van der Waals surface area contributed by atoms with E-state index in [2.05, 4.69) is 15.9 Å². The number of benzene rings is 2. The molecule has 0 fully saturated rings. The van der Waals surface area contributed by atoms with Gasteiger partial charge in [-0.3, -0.25) is 0 Å². The smallest absolute Gasteiger partial charge is 0.159 e. The van der Waals surface area contributed by atoms with Gasteiger partial charge in [0.05, 0.1) is 4.83 Å². The molecule has 2 aromatic rings. The van der Waals surface area contributed by atoms with Crippen LogP contribution in [0.3, 0.4) is 0 Å². The van der Waals surface area contributed by atoms with Crippen LogP contribution in [0.4, 0.5) is 13.2 Å². The molecule has 0 aliphatic rings. The topological polar surface area (TPSA) is 0 Å². The first-order valence-electron chi connectivity index (χ1n) is 5.34. The van der Waals surface area contributed by atoms with Gasteiger partial charge in [0.1, 0.15) is 5.82 Å². The van der Waals surface area contributed by atoms with Crippen LogP contribution in [-0.2, 0) is 0 Å². The van der Waals surface area contributed by atoms with Crippen molar-refractivity contribution in [3.05, 3.63) is 70.5 Å². The summed E-state index contributed by atoms with van der Waals surface area (Å²) in [5.74, 6) is -2.16. The molecule has 4 heteroatoms. The Morgan fingerprint density at radius 1 is 0.944 bits per heavy atom. The van der Waals surface area contributed by atoms with E-state index >= 15 is 0 Å². The number of alkyl halides is 1. The zero-order chi connectivity index (χ0) is 13.3. The van der Waals surface area contributed by atoms with Gasteiger partial charge < -0.3 is 0 Å². The molecule has 0 aliphatic heterocycles. The fourth-order valence-electron chi connectivity index (χ4n) is 1.73. The summed E-state index contributed by atoms with van der Waals surface area (Å²) in [6, 6.07) is 8.05. The molecule has 0 radical (unpaired) electrons. The molecule has 0 bridgehead atoms. The Morgan fingerprint density at radius 3 is 2.33 bits per heavy atom. The van der Waals surface area contributed by atoms with Gasteiger partial charge in [-0.25, -0.2) is 13.2 Å². The van der Waals surface area contributed by atoms with E-state index in [1.54, 1.807) is 6.07 Å². The van der Waals surface area contributed by atoms with Gasteiger partial charge in [-0.2, -0.15) is 0 Å². The first-order chi connectivity index (χ1) is 8.49. The summed E-state index contributed by atoms with van der Waals surface area (Å²) in [4.78, 5) is -0.372. The van der Waals surface area contributed by atoms with Crippen molar-refractivity contribution in [1.29, 1.82) is 0 Å². The van der Waals surface area contributed by atoms with E-state index in [0.717, 1.165) is 17.7 Å². The molecular formula is C14H10BrF3. The second kappa shape index (κ2) is 5.14. The van der Waals surface area contributed by atoms with Crippen molar-refractivity contribution >= 4 is 15.9 Å². The Hall–Kier alpha value is -1.29. The van der Waals surface area contributed by atoms with E-state index in [4.69, 9.17) is 0 Å². The lowest BCUT2D eigenvalue weighted by Crippen LogP contribution is -1.98. The largest absolute Gasteiger partial charge is 0.207 e. The van der Waals surface area contributed by atoms with Crippen molar-refractivity contribution < 1.29 is 13.2 Å². The number of aryl methyl sites for hydroxylation is 1. The zero-order valence-corrected chi connectivity index (χ0v) is 11.1. The van der Waals surface area contributed by atoms with E-state index < -0.39 is 11.6 Å². The lowest BCUT2D eigenvalue weighted by molar-refractivity contribution is 0.507. The van der Waals surface area contributed by atoms with E-state index in [1.165, 1.54) is 18.2 Å². The van der Waals surface area contributed by atoms with Crippen LogP contribution in [0, 0.1) is 24.4 Å².